The van der Waals surface area contributed by atoms with Gasteiger partial charge in [-0.15, -0.1) is 0 Å². The third-order valence-corrected chi connectivity index (χ3v) is 7.50. The van der Waals surface area contributed by atoms with Gasteiger partial charge in [-0.3, -0.25) is 29.2 Å². The normalized spacial score (nSPS) is 17.5. The van der Waals surface area contributed by atoms with Gasteiger partial charge in [0.05, 0.1) is 16.0 Å². The minimum absolute atomic E-state index is 0.255. The molecule has 1 saturated heterocycles. The molecule has 0 saturated carbocycles. The molecule has 41 heavy (non-hydrogen) atoms. The maximum Gasteiger partial charge on any atom is 0.322 e. The number of rotatable bonds is 10. The molecule has 0 spiro atoms. The number of aliphatic carboxylic acids is 1. The van der Waals surface area contributed by atoms with Crippen LogP contribution < -0.4 is 16.1 Å². The lowest BCUT2D eigenvalue weighted by atomic mass is 9.89. The first-order chi connectivity index (χ1) is 19.2. The first-order valence-corrected chi connectivity index (χ1v) is 14.3. The number of hydrazine groups is 1. The maximum atomic E-state index is 13.3. The SMILES string of the molecule is CCc1cc(Cl)c2ccc(C=CC(C)(C)C(=O)NC(C(=O)NC(C)C(=O)N3CCCC(C(=O)O)N3)C(C)C)cc2n1. The van der Waals surface area contributed by atoms with Gasteiger partial charge in [-0.2, -0.15) is 0 Å². The van der Waals surface area contributed by atoms with Gasteiger partial charge in [0.2, 0.25) is 11.8 Å². The Kier molecular flexibility index (Phi) is 10.5. The van der Waals surface area contributed by atoms with Crippen LogP contribution in [0.25, 0.3) is 17.0 Å². The largest absolute Gasteiger partial charge is 0.480 e. The smallest absolute Gasteiger partial charge is 0.322 e. The fourth-order valence-corrected chi connectivity index (χ4v) is 4.79. The molecule has 1 aromatic heterocycles. The van der Waals surface area contributed by atoms with Crippen molar-refractivity contribution in [3.05, 3.63) is 46.6 Å². The Balaban J connectivity index is 1.67. The van der Waals surface area contributed by atoms with Gasteiger partial charge in [-0.05, 0) is 63.6 Å². The van der Waals surface area contributed by atoms with Crippen LogP contribution in [-0.4, -0.2) is 63.5 Å². The number of benzene rings is 1. The number of halogens is 1. The third-order valence-electron chi connectivity index (χ3n) is 7.19. The van der Waals surface area contributed by atoms with Crippen LogP contribution in [0.15, 0.2) is 30.3 Å². The zero-order valence-corrected chi connectivity index (χ0v) is 25.2. The number of amides is 3. The van der Waals surface area contributed by atoms with Gasteiger partial charge in [0.25, 0.3) is 5.91 Å². The van der Waals surface area contributed by atoms with Gasteiger partial charge < -0.3 is 15.7 Å². The van der Waals surface area contributed by atoms with E-state index in [2.05, 4.69) is 21.0 Å². The molecule has 222 valence electrons. The van der Waals surface area contributed by atoms with Crippen LogP contribution in [0.2, 0.25) is 5.02 Å². The molecule has 3 amide bonds. The monoisotopic (exact) mass is 585 g/mol. The van der Waals surface area contributed by atoms with Crippen LogP contribution in [0.3, 0.4) is 0 Å². The molecule has 11 heteroatoms. The molecule has 3 unspecified atom stereocenters. The Hall–Kier alpha value is -3.50. The molecule has 0 bridgehead atoms. The topological polar surface area (TPSA) is 141 Å². The van der Waals surface area contributed by atoms with E-state index < -0.39 is 41.3 Å². The van der Waals surface area contributed by atoms with Crippen molar-refractivity contribution < 1.29 is 24.3 Å². The van der Waals surface area contributed by atoms with Crippen LogP contribution in [0.5, 0.6) is 0 Å². The second-order valence-corrected chi connectivity index (χ2v) is 11.8. The number of carbonyl (C=O) groups is 4. The summed E-state index contributed by atoms with van der Waals surface area (Å²) in [7, 11) is 0. The molecular weight excluding hydrogens is 546 g/mol. The quantitative estimate of drug-likeness (QED) is 0.333. The molecule has 10 nitrogen and oxygen atoms in total. The predicted molar refractivity (Wildman–Crippen MR) is 159 cm³/mol. The van der Waals surface area contributed by atoms with Gasteiger partial charge >= 0.3 is 5.97 Å². The van der Waals surface area contributed by atoms with Gasteiger partial charge in [0.15, 0.2) is 0 Å². The number of hydrogen-bond acceptors (Lipinski definition) is 6. The van der Waals surface area contributed by atoms with E-state index in [-0.39, 0.29) is 11.8 Å². The number of nitrogens with zero attached hydrogens (tertiary/aromatic N) is 2. The Bertz CT molecular complexity index is 1340. The highest BCUT2D eigenvalue weighted by atomic mass is 35.5. The Morgan fingerprint density at radius 1 is 1.20 bits per heavy atom. The van der Waals surface area contributed by atoms with E-state index in [0.717, 1.165) is 28.6 Å². The highest BCUT2D eigenvalue weighted by molar-refractivity contribution is 6.35. The highest BCUT2D eigenvalue weighted by Gasteiger charge is 2.34. The number of aromatic nitrogens is 1. The molecule has 0 radical (unpaired) electrons. The van der Waals surface area contributed by atoms with Crippen molar-refractivity contribution in [3.8, 4) is 0 Å². The molecular formula is C30H40ClN5O5. The van der Waals surface area contributed by atoms with Crippen LogP contribution in [0, 0.1) is 11.3 Å². The molecule has 3 rings (SSSR count). The summed E-state index contributed by atoms with van der Waals surface area (Å²) in [5.74, 6) is -2.58. The molecule has 3 atom stereocenters. The maximum absolute atomic E-state index is 13.3. The second-order valence-electron chi connectivity index (χ2n) is 11.4. The van der Waals surface area contributed by atoms with Crippen molar-refractivity contribution in [1.29, 1.82) is 0 Å². The van der Waals surface area contributed by atoms with E-state index in [1.807, 2.05) is 37.3 Å². The number of fused-ring (bicyclic) bond motifs is 1. The second kappa shape index (κ2) is 13.4. The van der Waals surface area contributed by atoms with Crippen LogP contribution in [-0.2, 0) is 25.6 Å². The highest BCUT2D eigenvalue weighted by Crippen LogP contribution is 2.26. The third kappa shape index (κ3) is 8.04. The van der Waals surface area contributed by atoms with Crippen LogP contribution in [0.1, 0.15) is 65.6 Å². The summed E-state index contributed by atoms with van der Waals surface area (Å²) in [4.78, 5) is 55.3. The van der Waals surface area contributed by atoms with Crippen molar-refractivity contribution in [2.45, 2.75) is 78.9 Å². The number of pyridine rings is 1. The number of carboxylic acids is 1. The zero-order valence-electron chi connectivity index (χ0n) is 24.5. The minimum Gasteiger partial charge on any atom is -0.480 e. The zero-order chi connectivity index (χ0) is 30.5. The minimum atomic E-state index is -1.04. The number of nitrogens with one attached hydrogen (secondary N) is 3. The van der Waals surface area contributed by atoms with E-state index in [9.17, 15) is 24.3 Å². The molecule has 4 N–H and O–H groups in total. The van der Waals surface area contributed by atoms with E-state index in [1.165, 1.54) is 11.9 Å². The molecule has 0 aliphatic carbocycles. The van der Waals surface area contributed by atoms with E-state index in [1.54, 1.807) is 33.8 Å². The Morgan fingerprint density at radius 2 is 1.90 bits per heavy atom. The fourth-order valence-electron chi connectivity index (χ4n) is 4.50. The van der Waals surface area contributed by atoms with Crippen LogP contribution in [0.4, 0.5) is 0 Å². The fraction of sp³-hybridized carbons (Fsp3) is 0.500. The summed E-state index contributed by atoms with van der Waals surface area (Å²) in [5, 5.41) is 17.5. The van der Waals surface area contributed by atoms with E-state index in [0.29, 0.717) is 24.4 Å². The lowest BCUT2D eigenvalue weighted by molar-refractivity contribution is -0.148. The van der Waals surface area contributed by atoms with Crippen molar-refractivity contribution in [2.24, 2.45) is 11.3 Å². The van der Waals surface area contributed by atoms with Gasteiger partial charge in [0, 0.05) is 17.6 Å². The molecule has 1 aromatic carbocycles. The van der Waals surface area contributed by atoms with E-state index in [4.69, 9.17) is 11.6 Å². The molecule has 1 aliphatic rings. The standard InChI is InChI=1S/C30H40ClN5O5/c1-7-20-16-22(31)21-11-10-19(15-24(21)33-20)12-13-30(5,6)29(41)34-25(17(2)3)26(37)32-18(4)27(38)36-14-8-9-23(35-36)28(39)40/h10-13,15-18,23,25,35H,7-9,14H2,1-6H3,(H,32,37)(H,34,41)(H,39,40). The number of carbonyl (C=O) groups excluding carboxylic acids is 3. The first kappa shape index (κ1) is 32.0. The number of hydrogen-bond donors (Lipinski definition) is 4. The van der Waals surface area contributed by atoms with Gasteiger partial charge in [0.1, 0.15) is 18.1 Å². The first-order valence-electron chi connectivity index (χ1n) is 13.9. The molecule has 2 heterocycles. The lowest BCUT2D eigenvalue weighted by Gasteiger charge is -2.34. The van der Waals surface area contributed by atoms with Gasteiger partial charge in [-0.1, -0.05) is 56.7 Å². The van der Waals surface area contributed by atoms with Crippen LogP contribution >= 0.6 is 11.6 Å². The van der Waals surface area contributed by atoms with Gasteiger partial charge in [-0.25, -0.2) is 5.43 Å². The number of aryl methyl sites for hydroxylation is 1. The van der Waals surface area contributed by atoms with Crippen molar-refractivity contribution >= 4 is 52.3 Å². The summed E-state index contributed by atoms with van der Waals surface area (Å²) in [6.07, 6.45) is 5.33. The van der Waals surface area contributed by atoms with Crippen molar-refractivity contribution in [1.82, 2.24) is 26.1 Å². The molecule has 2 aromatic rings. The lowest BCUT2D eigenvalue weighted by Crippen LogP contribution is -2.61. The van der Waals surface area contributed by atoms with Crippen molar-refractivity contribution in [3.63, 3.8) is 0 Å². The Morgan fingerprint density at radius 3 is 2.54 bits per heavy atom. The summed E-state index contributed by atoms with van der Waals surface area (Å²) in [5.41, 5.74) is 4.28. The summed E-state index contributed by atoms with van der Waals surface area (Å²) < 4.78 is 0. The number of carboxylic acid groups (broad SMARTS) is 1. The summed E-state index contributed by atoms with van der Waals surface area (Å²) >= 11 is 6.40. The average molecular weight is 586 g/mol. The Labute approximate surface area is 245 Å². The summed E-state index contributed by atoms with van der Waals surface area (Å²) in [6, 6.07) is 4.94. The van der Waals surface area contributed by atoms with Crippen molar-refractivity contribution in [2.75, 3.05) is 6.54 Å². The van der Waals surface area contributed by atoms with E-state index >= 15 is 0 Å². The summed E-state index contributed by atoms with van der Waals surface area (Å²) in [6.45, 7) is 11.0. The predicted octanol–water partition coefficient (Wildman–Crippen LogP) is 3.72. The molecule has 1 aliphatic heterocycles. The average Bonchev–Trinajstić information content (AvgIpc) is 2.93. The molecule has 1 fully saturated rings.